The van der Waals surface area contributed by atoms with Gasteiger partial charge in [0.15, 0.2) is 11.3 Å². The molecule has 1 aliphatic rings. The van der Waals surface area contributed by atoms with Crippen molar-refractivity contribution in [2.45, 2.75) is 29.1 Å². The number of aliphatic hydroxyl groups excluding tert-OH is 1. The maximum absolute atomic E-state index is 13.9. The number of aromatic nitrogens is 3. The molecule has 1 aromatic carbocycles. The zero-order valence-corrected chi connectivity index (χ0v) is 22.6. The fourth-order valence-corrected chi connectivity index (χ4v) is 7.39. The van der Waals surface area contributed by atoms with E-state index in [9.17, 15) is 44.7 Å². The number of aliphatic hydroxyl groups is 1. The highest BCUT2D eigenvalue weighted by molar-refractivity contribution is 7.91. The van der Waals surface area contributed by atoms with E-state index in [2.05, 4.69) is 15.4 Å². The Balaban J connectivity index is 1.51. The normalized spacial score (nSPS) is 16.9. The van der Waals surface area contributed by atoms with E-state index in [1.807, 2.05) is 0 Å². The van der Waals surface area contributed by atoms with Gasteiger partial charge < -0.3 is 10.4 Å². The van der Waals surface area contributed by atoms with Crippen molar-refractivity contribution in [3.63, 3.8) is 0 Å². The number of halogens is 7. The molecule has 1 unspecified atom stereocenters. The molecule has 1 atom stereocenters. The highest BCUT2D eigenvalue weighted by Gasteiger charge is 2.37. The second kappa shape index (κ2) is 10.2. The summed E-state index contributed by atoms with van der Waals surface area (Å²) < 4.78 is 107. The molecule has 0 bridgehead atoms. The van der Waals surface area contributed by atoms with Crippen molar-refractivity contribution in [1.29, 1.82) is 0 Å². The van der Waals surface area contributed by atoms with Crippen LogP contribution in [0.5, 0.6) is 0 Å². The molecule has 41 heavy (non-hydrogen) atoms. The number of thiophene rings is 1. The van der Waals surface area contributed by atoms with Gasteiger partial charge in [-0.3, -0.25) is 4.79 Å². The third-order valence-corrected chi connectivity index (χ3v) is 9.82. The predicted molar refractivity (Wildman–Crippen MR) is 135 cm³/mol. The van der Waals surface area contributed by atoms with Crippen molar-refractivity contribution < 1.29 is 44.7 Å². The van der Waals surface area contributed by atoms with Crippen molar-refractivity contribution >= 4 is 50.2 Å². The fourth-order valence-electron chi connectivity index (χ4n) is 4.11. The van der Waals surface area contributed by atoms with E-state index in [4.69, 9.17) is 11.6 Å². The standard InChI is InChI=1S/C23H16ClF6N5O4S2/c24-19-16(8-18(40-19)41(38,39)34-6-5-13(36)10-34)33-21(37)14-9-31-35-17(23(28,29)30)7-15(32-20(14)35)11-1-3-12(4-2-11)22(25,26)27/h1-4,7-9,13,36H,5-6,10H2,(H,33,37). The monoisotopic (exact) mass is 639 g/mol. The average Bonchev–Trinajstić information content (AvgIpc) is 3.61. The smallest absolute Gasteiger partial charge is 0.392 e. The number of rotatable bonds is 5. The molecule has 218 valence electrons. The molecule has 1 saturated heterocycles. The third-order valence-electron chi connectivity index (χ3n) is 6.15. The topological polar surface area (TPSA) is 117 Å². The number of nitrogens with one attached hydrogen (secondary N) is 1. The van der Waals surface area contributed by atoms with E-state index >= 15 is 0 Å². The van der Waals surface area contributed by atoms with Crippen LogP contribution in [0.3, 0.4) is 0 Å². The Morgan fingerprint density at radius 1 is 1.10 bits per heavy atom. The molecule has 2 N–H and O–H groups in total. The van der Waals surface area contributed by atoms with Crippen molar-refractivity contribution in [2.24, 2.45) is 0 Å². The van der Waals surface area contributed by atoms with Crippen LogP contribution >= 0.6 is 22.9 Å². The zero-order valence-electron chi connectivity index (χ0n) is 20.2. The lowest BCUT2D eigenvalue weighted by Gasteiger charge is -2.13. The van der Waals surface area contributed by atoms with Crippen LogP contribution in [0, 0.1) is 0 Å². The van der Waals surface area contributed by atoms with E-state index in [1.165, 1.54) is 0 Å². The first-order valence-corrected chi connectivity index (χ1v) is 14.1. The molecule has 3 aromatic heterocycles. The van der Waals surface area contributed by atoms with Crippen LogP contribution in [0.2, 0.25) is 4.34 Å². The Bertz CT molecular complexity index is 1750. The van der Waals surface area contributed by atoms with Crippen LogP contribution < -0.4 is 5.32 Å². The van der Waals surface area contributed by atoms with Gasteiger partial charge in [0.2, 0.25) is 0 Å². The number of amides is 1. The molecular weight excluding hydrogens is 624 g/mol. The molecule has 1 fully saturated rings. The summed E-state index contributed by atoms with van der Waals surface area (Å²) in [4.78, 5) is 17.2. The number of carbonyl (C=O) groups is 1. The molecule has 4 heterocycles. The molecule has 9 nitrogen and oxygen atoms in total. The van der Waals surface area contributed by atoms with E-state index in [-0.39, 0.29) is 45.0 Å². The number of sulfonamides is 1. The Kier molecular flexibility index (Phi) is 7.30. The number of nitrogens with zero attached hydrogens (tertiary/aromatic N) is 4. The first-order chi connectivity index (χ1) is 19.1. The van der Waals surface area contributed by atoms with E-state index in [0.717, 1.165) is 28.7 Å². The number of fused-ring (bicyclic) bond motifs is 1. The summed E-state index contributed by atoms with van der Waals surface area (Å²) in [5.74, 6) is -1.02. The molecule has 1 amide bonds. The largest absolute Gasteiger partial charge is 0.433 e. The lowest BCUT2D eigenvalue weighted by Crippen LogP contribution is -2.29. The summed E-state index contributed by atoms with van der Waals surface area (Å²) in [6, 6.07) is 4.94. The van der Waals surface area contributed by atoms with Crippen LogP contribution in [-0.2, 0) is 22.4 Å². The summed E-state index contributed by atoms with van der Waals surface area (Å²) in [6.07, 6.45) is -9.41. The Morgan fingerprint density at radius 2 is 1.78 bits per heavy atom. The number of benzene rings is 1. The maximum atomic E-state index is 13.9. The molecule has 1 aliphatic heterocycles. The molecule has 0 radical (unpaired) electrons. The molecule has 18 heteroatoms. The van der Waals surface area contributed by atoms with E-state index in [1.54, 1.807) is 0 Å². The second-order valence-corrected chi connectivity index (χ2v) is 12.7. The van der Waals surface area contributed by atoms with Gasteiger partial charge in [-0.25, -0.2) is 17.9 Å². The van der Waals surface area contributed by atoms with Crippen LogP contribution in [0.25, 0.3) is 16.9 Å². The van der Waals surface area contributed by atoms with Gasteiger partial charge in [-0.2, -0.15) is 35.7 Å². The van der Waals surface area contributed by atoms with Crippen molar-refractivity contribution in [1.82, 2.24) is 18.9 Å². The first-order valence-electron chi connectivity index (χ1n) is 11.5. The van der Waals surface area contributed by atoms with Crippen LogP contribution in [-0.4, -0.2) is 57.5 Å². The van der Waals surface area contributed by atoms with Gasteiger partial charge in [0, 0.05) is 18.7 Å². The Morgan fingerprint density at radius 3 is 2.37 bits per heavy atom. The summed E-state index contributed by atoms with van der Waals surface area (Å²) in [5.41, 5.74) is -3.96. The predicted octanol–water partition coefficient (Wildman–Crippen LogP) is 5.16. The number of anilines is 1. The number of alkyl halides is 6. The molecule has 0 aliphatic carbocycles. The minimum atomic E-state index is -4.98. The highest BCUT2D eigenvalue weighted by atomic mass is 35.5. The molecule has 4 aromatic rings. The lowest BCUT2D eigenvalue weighted by atomic mass is 10.1. The van der Waals surface area contributed by atoms with Gasteiger partial charge in [0.1, 0.15) is 14.1 Å². The van der Waals surface area contributed by atoms with Crippen molar-refractivity contribution in [2.75, 3.05) is 18.4 Å². The van der Waals surface area contributed by atoms with Crippen LogP contribution in [0.4, 0.5) is 32.0 Å². The van der Waals surface area contributed by atoms with Crippen molar-refractivity contribution in [3.8, 4) is 11.3 Å². The lowest BCUT2D eigenvalue weighted by molar-refractivity contribution is -0.142. The average molecular weight is 640 g/mol. The summed E-state index contributed by atoms with van der Waals surface area (Å²) in [7, 11) is -4.04. The van der Waals surface area contributed by atoms with Gasteiger partial charge in [-0.05, 0) is 30.7 Å². The van der Waals surface area contributed by atoms with Crippen LogP contribution in [0.1, 0.15) is 28.0 Å². The number of hydrogen-bond donors (Lipinski definition) is 2. The van der Waals surface area contributed by atoms with Gasteiger partial charge >= 0.3 is 12.4 Å². The third kappa shape index (κ3) is 5.63. The maximum Gasteiger partial charge on any atom is 0.433 e. The SMILES string of the molecule is O=C(Nc1cc(S(=O)(=O)N2CCC(O)C2)sc1Cl)c1cnn2c(C(F)(F)F)cc(-c3ccc(C(F)(F)F)cc3)nc12. The molecule has 0 spiro atoms. The van der Waals surface area contributed by atoms with Gasteiger partial charge in [0.05, 0.1) is 29.2 Å². The van der Waals surface area contributed by atoms with E-state index < -0.39 is 56.9 Å². The summed E-state index contributed by atoms with van der Waals surface area (Å²) in [6.45, 7) is -0.0337. The van der Waals surface area contributed by atoms with Crippen molar-refractivity contribution in [3.05, 3.63) is 63.8 Å². The number of hydrogen-bond acceptors (Lipinski definition) is 7. The Hall–Kier alpha value is -3.25. The number of β-amino-alcohol motifs (C(OH)–C–C–N with tert-alkyl or cyclic N) is 1. The minimum Gasteiger partial charge on any atom is -0.392 e. The van der Waals surface area contributed by atoms with Gasteiger partial charge in [-0.1, -0.05) is 23.7 Å². The van der Waals surface area contributed by atoms with Crippen LogP contribution in [0.15, 0.2) is 46.8 Å². The first kappa shape index (κ1) is 29.2. The van der Waals surface area contributed by atoms with Gasteiger partial charge in [0.25, 0.3) is 15.9 Å². The zero-order chi connectivity index (χ0) is 29.9. The van der Waals surface area contributed by atoms with Gasteiger partial charge in [-0.15, -0.1) is 11.3 Å². The van der Waals surface area contributed by atoms with E-state index in [0.29, 0.717) is 34.1 Å². The fraction of sp³-hybridized carbons (Fsp3) is 0.261. The molecule has 5 rings (SSSR count). The second-order valence-electron chi connectivity index (χ2n) is 8.91. The highest BCUT2D eigenvalue weighted by Crippen LogP contribution is 2.38. The summed E-state index contributed by atoms with van der Waals surface area (Å²) in [5, 5.41) is 15.6. The summed E-state index contributed by atoms with van der Waals surface area (Å²) >= 11 is 6.79. The minimum absolute atomic E-state index is 0.0809. The molecular formula is C23H16ClF6N5O4S2. The number of carbonyl (C=O) groups excluding carboxylic acids is 1. The molecule has 0 saturated carbocycles. The quantitative estimate of drug-likeness (QED) is 0.292. The Labute approximate surface area is 236 Å².